The van der Waals surface area contributed by atoms with Crippen molar-refractivity contribution < 1.29 is 4.39 Å². The van der Waals surface area contributed by atoms with Gasteiger partial charge in [-0.2, -0.15) is 0 Å². The Morgan fingerprint density at radius 1 is 1.09 bits per heavy atom. The molecular weight excluding hydrogens is 336 g/mol. The van der Waals surface area contributed by atoms with E-state index >= 15 is 0 Å². The second kappa shape index (κ2) is 6.87. The first-order chi connectivity index (χ1) is 10.2. The topological polar surface area (TPSA) is 21.1 Å². The summed E-state index contributed by atoms with van der Waals surface area (Å²) >= 11 is 0. The molecule has 0 spiro atoms. The van der Waals surface area contributed by atoms with Crippen LogP contribution < -0.4 is 0 Å². The number of hydrogen-bond acceptors (Lipinski definition) is 2. The van der Waals surface area contributed by atoms with E-state index < -0.39 is 0 Å². The van der Waals surface area contributed by atoms with Gasteiger partial charge in [-0.15, -0.1) is 24.8 Å². The summed E-state index contributed by atoms with van der Waals surface area (Å²) in [4.78, 5) is 6.37. The molecule has 122 valence electrons. The lowest BCUT2D eigenvalue weighted by Gasteiger charge is -2.24. The fourth-order valence-corrected chi connectivity index (χ4v) is 3.25. The van der Waals surface area contributed by atoms with E-state index in [9.17, 15) is 4.39 Å². The summed E-state index contributed by atoms with van der Waals surface area (Å²) in [5, 5.41) is 1.02. The molecule has 0 saturated carbocycles. The number of likely N-dealkylation sites (N-methyl/N-ethyl adjacent to an activating group) is 1. The Labute approximate surface area is 146 Å². The number of nitrogens with zero attached hydrogens (tertiary/aromatic N) is 3. The van der Waals surface area contributed by atoms with E-state index in [0.717, 1.165) is 36.1 Å². The van der Waals surface area contributed by atoms with Crippen LogP contribution in [0.5, 0.6) is 0 Å². The SMILES string of the molecule is CN1CCc2c(c3cc(F)ccc3n2-c2ccncc2)C1.Cl.Cl. The van der Waals surface area contributed by atoms with Gasteiger partial charge in [0.25, 0.3) is 0 Å². The minimum absolute atomic E-state index is 0. The fourth-order valence-electron chi connectivity index (χ4n) is 3.25. The van der Waals surface area contributed by atoms with Crippen LogP contribution >= 0.6 is 24.8 Å². The lowest BCUT2D eigenvalue weighted by atomic mass is 10.0. The lowest BCUT2D eigenvalue weighted by molar-refractivity contribution is 0.311. The van der Waals surface area contributed by atoms with E-state index in [1.54, 1.807) is 18.5 Å². The van der Waals surface area contributed by atoms with Gasteiger partial charge in [-0.25, -0.2) is 4.39 Å². The van der Waals surface area contributed by atoms with Crippen LogP contribution in [0.15, 0.2) is 42.7 Å². The molecule has 0 radical (unpaired) electrons. The van der Waals surface area contributed by atoms with E-state index in [1.165, 1.54) is 17.3 Å². The second-order valence-corrected chi connectivity index (χ2v) is 5.62. The highest BCUT2D eigenvalue weighted by atomic mass is 35.5. The van der Waals surface area contributed by atoms with Gasteiger partial charge in [0.1, 0.15) is 5.82 Å². The molecule has 4 rings (SSSR count). The zero-order valence-corrected chi connectivity index (χ0v) is 14.3. The van der Waals surface area contributed by atoms with E-state index in [0.29, 0.717) is 0 Å². The van der Waals surface area contributed by atoms with Gasteiger partial charge in [0.05, 0.1) is 5.52 Å². The molecule has 0 saturated heterocycles. The summed E-state index contributed by atoms with van der Waals surface area (Å²) in [6.07, 6.45) is 4.57. The Bertz CT molecular complexity index is 818. The molecule has 0 bridgehead atoms. The molecule has 2 aromatic heterocycles. The average molecular weight is 354 g/mol. The van der Waals surface area contributed by atoms with Crippen molar-refractivity contribution in [3.8, 4) is 5.69 Å². The quantitative estimate of drug-likeness (QED) is 0.659. The number of fused-ring (bicyclic) bond motifs is 3. The summed E-state index contributed by atoms with van der Waals surface area (Å²) in [5.74, 6) is -0.176. The molecule has 0 unspecified atom stereocenters. The predicted octanol–water partition coefficient (Wildman–Crippen LogP) is 4.00. The largest absolute Gasteiger partial charge is 0.313 e. The molecule has 6 heteroatoms. The van der Waals surface area contributed by atoms with Gasteiger partial charge in [0.2, 0.25) is 0 Å². The summed E-state index contributed by atoms with van der Waals surface area (Å²) in [7, 11) is 2.11. The molecule has 3 nitrogen and oxygen atoms in total. The van der Waals surface area contributed by atoms with Gasteiger partial charge in [0.15, 0.2) is 0 Å². The predicted molar refractivity (Wildman–Crippen MR) is 95.6 cm³/mol. The van der Waals surface area contributed by atoms with Crippen molar-refractivity contribution >= 4 is 35.7 Å². The molecule has 1 aliphatic rings. The number of hydrogen-bond donors (Lipinski definition) is 0. The third-order valence-electron chi connectivity index (χ3n) is 4.22. The van der Waals surface area contributed by atoms with Crippen LogP contribution in [-0.4, -0.2) is 28.0 Å². The van der Waals surface area contributed by atoms with Crippen LogP contribution in [-0.2, 0) is 13.0 Å². The Morgan fingerprint density at radius 3 is 2.57 bits per heavy atom. The molecule has 0 aliphatic carbocycles. The Kier molecular flexibility index (Phi) is 5.30. The maximum atomic E-state index is 13.7. The van der Waals surface area contributed by atoms with Gasteiger partial charge < -0.3 is 9.47 Å². The maximum absolute atomic E-state index is 13.7. The highest BCUT2D eigenvalue weighted by molar-refractivity contribution is 5.87. The standard InChI is InChI=1S/C17H16FN3.2ClH/c1-20-9-6-17-15(11-20)14-10-12(18)2-3-16(14)21(17)13-4-7-19-8-5-13;;/h2-5,7-8,10H,6,9,11H2,1H3;2*1H. The Morgan fingerprint density at radius 2 is 1.83 bits per heavy atom. The normalized spacial score (nSPS) is 14.0. The summed E-state index contributed by atoms with van der Waals surface area (Å²) in [5.41, 5.74) is 4.70. The smallest absolute Gasteiger partial charge is 0.123 e. The third kappa shape index (κ3) is 2.94. The van der Waals surface area contributed by atoms with E-state index in [1.807, 2.05) is 18.2 Å². The zero-order chi connectivity index (χ0) is 14.4. The first-order valence-electron chi connectivity index (χ1n) is 7.15. The number of aromatic nitrogens is 2. The lowest BCUT2D eigenvalue weighted by Crippen LogP contribution is -2.27. The van der Waals surface area contributed by atoms with Gasteiger partial charge in [-0.05, 0) is 42.9 Å². The van der Waals surface area contributed by atoms with Crippen molar-refractivity contribution in [1.82, 2.24) is 14.5 Å². The summed E-state index contributed by atoms with van der Waals surface area (Å²) in [6, 6.07) is 9.08. The Balaban J connectivity index is 0.000000960. The van der Waals surface area contributed by atoms with Crippen molar-refractivity contribution in [2.75, 3.05) is 13.6 Å². The van der Waals surface area contributed by atoms with Crippen LogP contribution in [0.1, 0.15) is 11.3 Å². The van der Waals surface area contributed by atoms with E-state index in [4.69, 9.17) is 0 Å². The monoisotopic (exact) mass is 353 g/mol. The van der Waals surface area contributed by atoms with Crippen LogP contribution in [0.3, 0.4) is 0 Å². The third-order valence-corrected chi connectivity index (χ3v) is 4.22. The minimum Gasteiger partial charge on any atom is -0.313 e. The maximum Gasteiger partial charge on any atom is 0.123 e. The van der Waals surface area contributed by atoms with Crippen molar-refractivity contribution in [2.45, 2.75) is 13.0 Å². The Hall–Kier alpha value is -1.62. The van der Waals surface area contributed by atoms with Crippen molar-refractivity contribution in [1.29, 1.82) is 0 Å². The highest BCUT2D eigenvalue weighted by Crippen LogP contribution is 2.33. The van der Waals surface area contributed by atoms with Crippen LogP contribution in [0, 0.1) is 5.82 Å². The number of halogens is 3. The van der Waals surface area contributed by atoms with Crippen LogP contribution in [0.25, 0.3) is 16.6 Å². The second-order valence-electron chi connectivity index (χ2n) is 5.62. The van der Waals surface area contributed by atoms with Crippen molar-refractivity contribution in [3.05, 3.63) is 59.8 Å². The molecule has 0 N–H and O–H groups in total. The van der Waals surface area contributed by atoms with Gasteiger partial charge in [-0.3, -0.25) is 4.98 Å². The van der Waals surface area contributed by atoms with Crippen molar-refractivity contribution in [3.63, 3.8) is 0 Å². The van der Waals surface area contributed by atoms with Gasteiger partial charge in [0, 0.05) is 48.7 Å². The summed E-state index contributed by atoms with van der Waals surface area (Å²) in [6.45, 7) is 1.89. The molecule has 23 heavy (non-hydrogen) atoms. The van der Waals surface area contributed by atoms with Gasteiger partial charge in [-0.1, -0.05) is 0 Å². The molecule has 1 aromatic carbocycles. The molecule has 3 heterocycles. The van der Waals surface area contributed by atoms with Gasteiger partial charge >= 0.3 is 0 Å². The van der Waals surface area contributed by atoms with E-state index in [-0.39, 0.29) is 30.6 Å². The first-order valence-corrected chi connectivity index (χ1v) is 7.15. The minimum atomic E-state index is -0.176. The molecule has 3 aromatic rings. The molecule has 1 aliphatic heterocycles. The summed E-state index contributed by atoms with van der Waals surface area (Å²) < 4.78 is 15.9. The molecular formula is C17H18Cl2FN3. The van der Waals surface area contributed by atoms with Crippen LogP contribution in [0.2, 0.25) is 0 Å². The first kappa shape index (κ1) is 17.7. The van der Waals surface area contributed by atoms with E-state index in [2.05, 4.69) is 21.5 Å². The molecule has 0 fully saturated rings. The molecule has 0 amide bonds. The molecule has 0 atom stereocenters. The number of benzene rings is 1. The number of pyridine rings is 1. The van der Waals surface area contributed by atoms with Crippen LogP contribution in [0.4, 0.5) is 4.39 Å². The van der Waals surface area contributed by atoms with Crippen molar-refractivity contribution in [2.24, 2.45) is 0 Å². The fraction of sp³-hybridized carbons (Fsp3) is 0.235. The number of rotatable bonds is 1. The highest BCUT2D eigenvalue weighted by Gasteiger charge is 2.23. The average Bonchev–Trinajstić information content (AvgIpc) is 2.81. The zero-order valence-electron chi connectivity index (χ0n) is 12.7.